The van der Waals surface area contributed by atoms with Crippen LogP contribution in [0.5, 0.6) is 0 Å². The van der Waals surface area contributed by atoms with Crippen LogP contribution in [0.1, 0.15) is 216 Å². The highest BCUT2D eigenvalue weighted by molar-refractivity contribution is 5.71. The molecule has 0 radical (unpaired) electrons. The Balaban J connectivity index is 1.14. The van der Waals surface area contributed by atoms with Gasteiger partial charge in [0.2, 0.25) is 0 Å². The SMILES string of the molecule is CCCCCCCCCCCCCCCC(=O)OC1=CCC(C)(C)[C@@H]2CC[C@@H]3[C@]4(CC[C@]5(C)[C@@H]([C@H](C)CCCC(C)C)CC[C@@]35C)C[C@]124. The average Bonchev–Trinajstić information content (AvgIpc) is 3.64. The summed E-state index contributed by atoms with van der Waals surface area (Å²) in [5.41, 5.74) is 1.65. The largest absolute Gasteiger partial charge is 0.431 e. The molecule has 5 aliphatic carbocycles. The van der Waals surface area contributed by atoms with E-state index in [4.69, 9.17) is 4.74 Å². The zero-order chi connectivity index (χ0) is 34.6. The Morgan fingerprint density at radius 1 is 0.729 bits per heavy atom. The van der Waals surface area contributed by atoms with E-state index < -0.39 is 0 Å². The number of rotatable bonds is 20. The lowest BCUT2D eigenvalue weighted by atomic mass is 9.42. The number of esters is 1. The molecule has 276 valence electrons. The molecule has 0 N–H and O–H groups in total. The Labute approximate surface area is 299 Å². The van der Waals surface area contributed by atoms with Crippen molar-refractivity contribution in [3.8, 4) is 0 Å². The molecular weight excluding hydrogens is 585 g/mol. The van der Waals surface area contributed by atoms with Crippen LogP contribution in [-0.2, 0) is 9.53 Å². The molecule has 0 aromatic rings. The lowest BCUT2D eigenvalue weighted by molar-refractivity contribution is -0.151. The summed E-state index contributed by atoms with van der Waals surface area (Å²) in [5, 5.41) is 0. The Morgan fingerprint density at radius 2 is 1.33 bits per heavy atom. The first-order valence-electron chi connectivity index (χ1n) is 21.8. The van der Waals surface area contributed by atoms with E-state index >= 15 is 0 Å². The van der Waals surface area contributed by atoms with Crippen molar-refractivity contribution >= 4 is 5.97 Å². The van der Waals surface area contributed by atoms with Crippen molar-refractivity contribution in [1.82, 2.24) is 0 Å². The second-order valence-electron chi connectivity index (χ2n) is 20.0. The van der Waals surface area contributed by atoms with Gasteiger partial charge in [-0.25, -0.2) is 0 Å². The van der Waals surface area contributed by atoms with Crippen LogP contribution in [0.25, 0.3) is 0 Å². The molecule has 2 heteroatoms. The highest BCUT2D eigenvalue weighted by Gasteiger charge is 2.83. The van der Waals surface area contributed by atoms with Gasteiger partial charge in [0.15, 0.2) is 0 Å². The molecule has 4 fully saturated rings. The van der Waals surface area contributed by atoms with Crippen molar-refractivity contribution in [2.24, 2.45) is 56.7 Å². The van der Waals surface area contributed by atoms with Gasteiger partial charge >= 0.3 is 5.97 Å². The summed E-state index contributed by atoms with van der Waals surface area (Å²) in [5.74, 6) is 5.17. The van der Waals surface area contributed by atoms with Gasteiger partial charge in [0.25, 0.3) is 0 Å². The molecular formula is C46H80O2. The van der Waals surface area contributed by atoms with Crippen molar-refractivity contribution < 1.29 is 9.53 Å². The molecule has 0 aromatic heterocycles. The first-order chi connectivity index (χ1) is 22.9. The molecule has 8 atom stereocenters. The van der Waals surface area contributed by atoms with Crippen LogP contribution < -0.4 is 0 Å². The summed E-state index contributed by atoms with van der Waals surface area (Å²) in [6.45, 7) is 20.2. The lowest BCUT2D eigenvalue weighted by Crippen LogP contribution is -2.56. The molecule has 0 aliphatic heterocycles. The summed E-state index contributed by atoms with van der Waals surface area (Å²) in [6, 6.07) is 0. The normalized spacial score (nSPS) is 36.9. The van der Waals surface area contributed by atoms with Crippen LogP contribution >= 0.6 is 0 Å². The third kappa shape index (κ3) is 7.28. The van der Waals surface area contributed by atoms with Crippen molar-refractivity contribution in [2.75, 3.05) is 0 Å². The Morgan fingerprint density at radius 3 is 1.96 bits per heavy atom. The van der Waals surface area contributed by atoms with Crippen LogP contribution in [0.15, 0.2) is 11.8 Å². The number of carbonyl (C=O) groups is 1. The topological polar surface area (TPSA) is 26.3 Å². The Bertz CT molecular complexity index is 1090. The first-order valence-corrected chi connectivity index (χ1v) is 21.8. The van der Waals surface area contributed by atoms with Crippen molar-refractivity contribution in [1.29, 1.82) is 0 Å². The summed E-state index contributed by atoms with van der Waals surface area (Å²) in [7, 11) is 0. The summed E-state index contributed by atoms with van der Waals surface area (Å²) >= 11 is 0. The van der Waals surface area contributed by atoms with Crippen LogP contribution in [0.3, 0.4) is 0 Å². The van der Waals surface area contributed by atoms with E-state index in [1.54, 1.807) is 0 Å². The molecule has 0 bridgehead atoms. The van der Waals surface area contributed by atoms with E-state index in [2.05, 4.69) is 61.5 Å². The summed E-state index contributed by atoms with van der Waals surface area (Å²) in [4.78, 5) is 13.4. The molecule has 5 rings (SSSR count). The van der Waals surface area contributed by atoms with Gasteiger partial charge in [0.05, 0.1) is 0 Å². The highest BCUT2D eigenvalue weighted by atomic mass is 16.5. The fourth-order valence-electron chi connectivity index (χ4n) is 13.4. The maximum absolute atomic E-state index is 13.4. The molecule has 0 unspecified atom stereocenters. The van der Waals surface area contributed by atoms with Gasteiger partial charge in [-0.3, -0.25) is 4.79 Å². The second-order valence-corrected chi connectivity index (χ2v) is 20.0. The second kappa shape index (κ2) is 15.8. The van der Waals surface area contributed by atoms with E-state index in [9.17, 15) is 4.79 Å². The number of hydrogen-bond acceptors (Lipinski definition) is 2. The van der Waals surface area contributed by atoms with Gasteiger partial charge in [-0.05, 0) is 115 Å². The van der Waals surface area contributed by atoms with E-state index in [0.717, 1.165) is 42.3 Å². The minimum atomic E-state index is 0.0596. The highest BCUT2D eigenvalue weighted by Crippen LogP contribution is 2.89. The van der Waals surface area contributed by atoms with Crippen LogP contribution in [0, 0.1) is 56.7 Å². The fraction of sp³-hybridized carbons (Fsp3) is 0.935. The van der Waals surface area contributed by atoms with E-state index in [-0.39, 0.29) is 11.4 Å². The van der Waals surface area contributed by atoms with Gasteiger partial charge in [-0.1, -0.05) is 152 Å². The van der Waals surface area contributed by atoms with E-state index in [0.29, 0.717) is 34.0 Å². The Kier molecular flexibility index (Phi) is 12.7. The zero-order valence-corrected chi connectivity index (χ0v) is 33.5. The number of unbranched alkanes of at least 4 members (excludes halogenated alkanes) is 12. The molecule has 4 saturated carbocycles. The van der Waals surface area contributed by atoms with Crippen LogP contribution in [0.2, 0.25) is 0 Å². The minimum Gasteiger partial charge on any atom is -0.431 e. The number of hydrogen-bond donors (Lipinski definition) is 0. The monoisotopic (exact) mass is 665 g/mol. The van der Waals surface area contributed by atoms with Gasteiger partial charge < -0.3 is 4.74 Å². The summed E-state index contributed by atoms with van der Waals surface area (Å²) in [6.07, 6.45) is 35.2. The van der Waals surface area contributed by atoms with Crippen LogP contribution in [0.4, 0.5) is 0 Å². The number of allylic oxidation sites excluding steroid dienone is 2. The molecule has 2 spiro atoms. The fourth-order valence-corrected chi connectivity index (χ4v) is 13.4. The van der Waals surface area contributed by atoms with E-state index in [1.807, 2.05) is 0 Å². The average molecular weight is 665 g/mol. The third-order valence-electron chi connectivity index (χ3n) is 16.4. The third-order valence-corrected chi connectivity index (χ3v) is 16.4. The van der Waals surface area contributed by atoms with Gasteiger partial charge in [-0.15, -0.1) is 0 Å². The van der Waals surface area contributed by atoms with Crippen molar-refractivity contribution in [3.63, 3.8) is 0 Å². The predicted molar refractivity (Wildman–Crippen MR) is 205 cm³/mol. The number of fused-ring (bicyclic) bond motifs is 2. The van der Waals surface area contributed by atoms with Gasteiger partial charge in [0.1, 0.15) is 5.76 Å². The Hall–Kier alpha value is -0.790. The molecule has 48 heavy (non-hydrogen) atoms. The van der Waals surface area contributed by atoms with Crippen molar-refractivity contribution in [3.05, 3.63) is 11.8 Å². The maximum Gasteiger partial charge on any atom is 0.310 e. The number of carbonyl (C=O) groups excluding carboxylic acids is 1. The molecule has 0 amide bonds. The smallest absolute Gasteiger partial charge is 0.310 e. The molecule has 5 aliphatic rings. The molecule has 0 heterocycles. The zero-order valence-electron chi connectivity index (χ0n) is 33.5. The van der Waals surface area contributed by atoms with E-state index in [1.165, 1.54) is 141 Å². The summed E-state index contributed by atoms with van der Waals surface area (Å²) < 4.78 is 6.56. The van der Waals surface area contributed by atoms with Crippen molar-refractivity contribution in [2.45, 2.75) is 216 Å². The molecule has 0 aromatic carbocycles. The standard InChI is InChI=1S/C46H80O2/c1-9-10-11-12-13-14-15-16-17-18-19-20-21-25-41(47)48-40-29-30-42(5,6)38-26-27-39-44(8)31-28-37(36(4)24-22-23-35(2)3)43(44,7)32-33-45(39)34-46(38,40)45/h29,35-39H,9-28,30-34H2,1-8H3/t36-,37-,38+,39+,43-,44+,45+,46-/m1/s1. The minimum absolute atomic E-state index is 0.0596. The quantitative estimate of drug-likeness (QED) is 0.0956. The van der Waals surface area contributed by atoms with Crippen LogP contribution in [-0.4, -0.2) is 5.97 Å². The first kappa shape index (κ1) is 38.4. The number of ether oxygens (including phenoxy) is 1. The predicted octanol–water partition coefficient (Wildman–Crippen LogP) is 14.4. The van der Waals surface area contributed by atoms with Gasteiger partial charge in [0, 0.05) is 11.8 Å². The lowest BCUT2D eigenvalue weighted by Gasteiger charge is -2.62. The molecule has 2 nitrogen and oxygen atoms in total. The molecule has 0 saturated heterocycles. The van der Waals surface area contributed by atoms with Gasteiger partial charge in [-0.2, -0.15) is 0 Å². The maximum atomic E-state index is 13.4.